The average Bonchev–Trinajstić information content (AvgIpc) is 2.31. The molecule has 0 bridgehead atoms. The smallest absolute Gasteiger partial charge is 0.349 e. The zero-order valence-electron chi connectivity index (χ0n) is 7.81. The largest absolute Gasteiger partial charge is 0.711 e. The first-order chi connectivity index (χ1) is 5.95. The molecule has 1 aromatic heterocycles. The van der Waals surface area contributed by atoms with Crippen LogP contribution < -0.4 is 4.73 Å². The molecule has 0 spiro atoms. The average molecular weight is 184 g/mol. The van der Waals surface area contributed by atoms with Crippen LogP contribution in [0.15, 0.2) is 6.33 Å². The van der Waals surface area contributed by atoms with Crippen molar-refractivity contribution in [3.63, 3.8) is 0 Å². The van der Waals surface area contributed by atoms with Gasteiger partial charge in [0.25, 0.3) is 0 Å². The first-order valence-electron chi connectivity index (χ1n) is 3.95. The van der Waals surface area contributed by atoms with Crippen molar-refractivity contribution in [2.24, 2.45) is 0 Å². The van der Waals surface area contributed by atoms with Gasteiger partial charge in [-0.2, -0.15) is 0 Å². The lowest BCUT2D eigenvalue weighted by atomic mass is 10.3. The van der Waals surface area contributed by atoms with Crippen molar-refractivity contribution in [3.05, 3.63) is 22.9 Å². The highest BCUT2D eigenvalue weighted by Crippen LogP contribution is 2.10. The van der Waals surface area contributed by atoms with Crippen LogP contribution in [0.4, 0.5) is 0 Å². The molecule has 1 aromatic rings. The third-order valence-electron chi connectivity index (χ3n) is 2.25. The maximum absolute atomic E-state index is 11.1. The van der Waals surface area contributed by atoms with Crippen LogP contribution in [0.2, 0.25) is 0 Å². The van der Waals surface area contributed by atoms with Gasteiger partial charge in [-0.25, -0.2) is 14.1 Å². The fourth-order valence-electron chi connectivity index (χ4n) is 1.14. The molecule has 5 heteroatoms. The summed E-state index contributed by atoms with van der Waals surface area (Å²) in [6.07, 6.45) is 1.25. The molecule has 1 N–H and O–H groups in total. The van der Waals surface area contributed by atoms with Gasteiger partial charge in [-0.05, 0) is 6.92 Å². The van der Waals surface area contributed by atoms with Crippen LogP contribution >= 0.6 is 0 Å². The van der Waals surface area contributed by atoms with E-state index < -0.39 is 12.0 Å². The van der Waals surface area contributed by atoms with Crippen LogP contribution in [-0.4, -0.2) is 15.6 Å². The van der Waals surface area contributed by atoms with Crippen molar-refractivity contribution in [2.45, 2.75) is 26.8 Å². The van der Waals surface area contributed by atoms with Crippen LogP contribution in [0, 0.1) is 19.1 Å². The monoisotopic (exact) mass is 184 g/mol. The normalized spacial score (nSPS) is 12.8. The first-order valence-corrected chi connectivity index (χ1v) is 3.95. The van der Waals surface area contributed by atoms with Crippen LogP contribution in [0.1, 0.15) is 24.4 Å². The van der Waals surface area contributed by atoms with E-state index in [9.17, 15) is 10.0 Å². The van der Waals surface area contributed by atoms with E-state index in [4.69, 9.17) is 5.11 Å². The Labute approximate surface area is 75.8 Å². The van der Waals surface area contributed by atoms with E-state index in [0.717, 1.165) is 0 Å². The molecule has 1 rings (SSSR count). The topological polar surface area (TPSA) is 69.2 Å². The highest BCUT2D eigenvalue weighted by molar-refractivity contribution is 5.71. The predicted octanol–water partition coefficient (Wildman–Crippen LogP) is 0.384. The summed E-state index contributed by atoms with van der Waals surface area (Å²) < 4.78 is 2.12. The lowest BCUT2D eigenvalue weighted by Crippen LogP contribution is -2.26. The third-order valence-corrected chi connectivity index (χ3v) is 2.25. The second-order valence-corrected chi connectivity index (χ2v) is 3.03. The number of carbonyl (C=O) groups is 1. The number of hydrogen-bond acceptors (Lipinski definition) is 2. The number of carboxylic acid groups (broad SMARTS) is 1. The van der Waals surface area contributed by atoms with Gasteiger partial charge in [0.15, 0.2) is 6.04 Å². The molecule has 0 aromatic carbocycles. The lowest BCUT2D eigenvalue weighted by molar-refractivity contribution is -0.611. The minimum Gasteiger partial charge on any atom is -0.711 e. The molecular weight excluding hydrogens is 172 g/mol. The van der Waals surface area contributed by atoms with Gasteiger partial charge in [-0.3, -0.25) is 0 Å². The number of imidazole rings is 1. The Morgan fingerprint density at radius 2 is 2.23 bits per heavy atom. The summed E-state index contributed by atoms with van der Waals surface area (Å²) in [5.41, 5.74) is 1.22. The van der Waals surface area contributed by atoms with Crippen molar-refractivity contribution in [3.8, 4) is 0 Å². The minimum absolute atomic E-state index is 0.535. The van der Waals surface area contributed by atoms with Crippen LogP contribution in [0.5, 0.6) is 0 Å². The molecule has 0 aliphatic rings. The summed E-state index contributed by atoms with van der Waals surface area (Å²) in [4.78, 5) is 10.6. The van der Waals surface area contributed by atoms with Gasteiger partial charge < -0.3 is 10.3 Å². The maximum atomic E-state index is 11.1. The quantitative estimate of drug-likeness (QED) is 0.533. The predicted molar refractivity (Wildman–Crippen MR) is 45.2 cm³/mol. The van der Waals surface area contributed by atoms with Crippen molar-refractivity contribution >= 4 is 5.97 Å². The molecule has 1 atom stereocenters. The van der Waals surface area contributed by atoms with Gasteiger partial charge in [0, 0.05) is 13.8 Å². The molecular formula is C8H12N2O3. The van der Waals surface area contributed by atoms with Gasteiger partial charge in [-0.1, -0.05) is 0 Å². The molecule has 0 fully saturated rings. The van der Waals surface area contributed by atoms with E-state index in [1.165, 1.54) is 17.8 Å². The van der Waals surface area contributed by atoms with E-state index in [1.54, 1.807) is 13.8 Å². The van der Waals surface area contributed by atoms with E-state index in [1.807, 2.05) is 0 Å². The maximum Gasteiger partial charge on any atom is 0.349 e. The fraction of sp³-hybridized carbons (Fsp3) is 0.500. The second kappa shape index (κ2) is 3.08. The minimum atomic E-state index is -0.946. The lowest BCUT2D eigenvalue weighted by Gasteiger charge is -2.02. The van der Waals surface area contributed by atoms with Crippen LogP contribution in [-0.2, 0) is 4.79 Å². The Hall–Kier alpha value is -1.52. The Bertz CT molecular complexity index is 343. The summed E-state index contributed by atoms with van der Waals surface area (Å²) in [5.74, 6) is -0.946. The fourth-order valence-corrected chi connectivity index (χ4v) is 1.14. The number of nitrogens with zero attached hydrogens (tertiary/aromatic N) is 2. The zero-order chi connectivity index (χ0) is 10.2. The highest BCUT2D eigenvalue weighted by Gasteiger charge is 2.23. The molecule has 0 aliphatic heterocycles. The zero-order valence-corrected chi connectivity index (χ0v) is 7.81. The summed E-state index contributed by atoms with van der Waals surface area (Å²) in [6, 6.07) is -0.700. The van der Waals surface area contributed by atoms with E-state index in [-0.39, 0.29) is 0 Å². The van der Waals surface area contributed by atoms with Gasteiger partial charge in [0.1, 0.15) is 11.4 Å². The number of carboxylic acids is 1. The Morgan fingerprint density at radius 1 is 1.69 bits per heavy atom. The van der Waals surface area contributed by atoms with Crippen molar-refractivity contribution in [1.29, 1.82) is 0 Å². The molecule has 1 heterocycles. The molecule has 0 radical (unpaired) electrons. The van der Waals surface area contributed by atoms with E-state index in [0.29, 0.717) is 16.1 Å². The van der Waals surface area contributed by atoms with Gasteiger partial charge in [0.2, 0.25) is 6.33 Å². The highest BCUT2D eigenvalue weighted by atomic mass is 16.5. The summed E-state index contributed by atoms with van der Waals surface area (Å²) in [5, 5.41) is 19.8. The van der Waals surface area contributed by atoms with E-state index >= 15 is 0 Å². The Kier molecular flexibility index (Phi) is 2.27. The molecule has 13 heavy (non-hydrogen) atoms. The van der Waals surface area contributed by atoms with Crippen molar-refractivity contribution < 1.29 is 14.6 Å². The third kappa shape index (κ3) is 1.49. The number of aromatic nitrogens is 2. The van der Waals surface area contributed by atoms with E-state index in [2.05, 4.69) is 0 Å². The molecule has 72 valence electrons. The summed E-state index contributed by atoms with van der Waals surface area (Å²) in [7, 11) is 0. The van der Waals surface area contributed by atoms with Crippen molar-refractivity contribution in [2.75, 3.05) is 0 Å². The number of hydrogen-bond donors (Lipinski definition) is 1. The Balaban J connectivity index is 3.15. The summed E-state index contributed by atoms with van der Waals surface area (Å²) >= 11 is 0. The second-order valence-electron chi connectivity index (χ2n) is 3.03. The Morgan fingerprint density at radius 3 is 2.54 bits per heavy atom. The first kappa shape index (κ1) is 9.57. The molecule has 5 nitrogen and oxygen atoms in total. The van der Waals surface area contributed by atoms with Gasteiger partial charge >= 0.3 is 5.97 Å². The number of aliphatic carboxylic acids is 1. The molecule has 0 saturated carbocycles. The molecule has 0 unspecified atom stereocenters. The number of rotatable bonds is 2. The van der Waals surface area contributed by atoms with Crippen LogP contribution in [0.3, 0.4) is 0 Å². The van der Waals surface area contributed by atoms with Crippen molar-refractivity contribution in [1.82, 2.24) is 4.57 Å². The molecule has 0 amide bonds. The summed E-state index contributed by atoms with van der Waals surface area (Å²) in [6.45, 7) is 4.92. The standard InChI is InChI=1S/C8H12N2O3/c1-5-6(2)10(13)4-9(5)7(3)8(11)12/h4,7H,1-3H3,(H,11,12)/t7-/m1/s1. The van der Waals surface area contributed by atoms with Gasteiger partial charge in [0.05, 0.1) is 0 Å². The van der Waals surface area contributed by atoms with Gasteiger partial charge in [-0.15, -0.1) is 0 Å². The molecule has 0 saturated heterocycles. The molecule has 0 aliphatic carbocycles. The van der Waals surface area contributed by atoms with Crippen LogP contribution in [0.25, 0.3) is 0 Å². The SMILES string of the molecule is Cc1c(C)[n+]([O-])cn1[C@H](C)C(=O)O.